The molecule has 2 aliphatic rings. The zero-order chi connectivity index (χ0) is 21.1. The summed E-state index contributed by atoms with van der Waals surface area (Å²) >= 11 is 6.10. The molecule has 154 valence electrons. The minimum Gasteiger partial charge on any atom is -0.350 e. The van der Waals surface area contributed by atoms with Gasteiger partial charge in [0.1, 0.15) is 6.04 Å². The molecule has 0 aromatic heterocycles. The largest absolute Gasteiger partial charge is 0.350 e. The molecule has 1 aliphatic carbocycles. The monoisotopic (exact) mass is 421 g/mol. The summed E-state index contributed by atoms with van der Waals surface area (Å²) in [6, 6.07) is 15.8. The van der Waals surface area contributed by atoms with Crippen LogP contribution in [0.4, 0.5) is 0 Å². The average Bonchev–Trinajstić information content (AvgIpc) is 3.17. The summed E-state index contributed by atoms with van der Waals surface area (Å²) in [4.78, 5) is 28.3. The van der Waals surface area contributed by atoms with E-state index in [2.05, 4.69) is 11.4 Å². The molecule has 2 fully saturated rings. The third-order valence-corrected chi connectivity index (χ3v) is 6.45. The van der Waals surface area contributed by atoms with E-state index in [1.165, 1.54) is 0 Å². The van der Waals surface area contributed by atoms with Crippen LogP contribution in [0.1, 0.15) is 53.6 Å². The van der Waals surface area contributed by atoms with E-state index in [9.17, 15) is 9.59 Å². The molecule has 1 heterocycles. The molecule has 0 bridgehead atoms. The van der Waals surface area contributed by atoms with Crippen LogP contribution in [0.2, 0.25) is 5.02 Å². The summed E-state index contributed by atoms with van der Waals surface area (Å²) in [5.41, 5.74) is 1.95. The van der Waals surface area contributed by atoms with Crippen molar-refractivity contribution < 1.29 is 9.59 Å². The van der Waals surface area contributed by atoms with Crippen LogP contribution < -0.4 is 5.32 Å². The summed E-state index contributed by atoms with van der Waals surface area (Å²) in [6.07, 6.45) is 4.91. The van der Waals surface area contributed by atoms with Gasteiger partial charge < -0.3 is 10.2 Å². The van der Waals surface area contributed by atoms with E-state index in [0.29, 0.717) is 35.0 Å². The third-order valence-electron chi connectivity index (χ3n) is 6.22. The predicted molar refractivity (Wildman–Crippen MR) is 115 cm³/mol. The number of amides is 2. The summed E-state index contributed by atoms with van der Waals surface area (Å²) in [6.45, 7) is 0.333. The second kappa shape index (κ2) is 8.89. The van der Waals surface area contributed by atoms with Gasteiger partial charge in [0.15, 0.2) is 0 Å². The van der Waals surface area contributed by atoms with Gasteiger partial charge in [0.2, 0.25) is 5.91 Å². The number of nitriles is 1. The summed E-state index contributed by atoms with van der Waals surface area (Å²) in [5, 5.41) is 12.6. The molecule has 1 saturated carbocycles. The Bertz CT molecular complexity index is 1000. The van der Waals surface area contributed by atoms with Crippen LogP contribution in [-0.2, 0) is 11.3 Å². The summed E-state index contributed by atoms with van der Waals surface area (Å²) in [7, 11) is 0. The molecule has 3 atom stereocenters. The van der Waals surface area contributed by atoms with E-state index in [4.69, 9.17) is 16.9 Å². The summed E-state index contributed by atoms with van der Waals surface area (Å²) < 4.78 is 0. The molecule has 2 aromatic carbocycles. The number of likely N-dealkylation sites (tertiary alicyclic amines) is 1. The Kier molecular flexibility index (Phi) is 6.06. The zero-order valence-electron chi connectivity index (χ0n) is 16.7. The normalized spacial score (nSPS) is 22.8. The van der Waals surface area contributed by atoms with Gasteiger partial charge in [-0.05, 0) is 61.1 Å². The standard InChI is InChI=1S/C24H24ClN3O2/c25-20-9-4-8-19(12-20)24(30)28-21-10-2-1-7-18(21)13-22(28)23(29)27-15-17-6-3-5-16(11-17)14-26/h3-6,8-9,11-12,18,21-22H,1-2,7,10,13,15H2,(H,27,29). The Hall–Kier alpha value is -2.84. The summed E-state index contributed by atoms with van der Waals surface area (Å²) in [5.74, 6) is 0.0974. The van der Waals surface area contributed by atoms with Crippen LogP contribution in [0.3, 0.4) is 0 Å². The molecule has 30 heavy (non-hydrogen) atoms. The molecule has 6 heteroatoms. The first kappa shape index (κ1) is 20.4. The van der Waals surface area contributed by atoms with Crippen LogP contribution in [-0.4, -0.2) is 28.8 Å². The van der Waals surface area contributed by atoms with Crippen molar-refractivity contribution in [2.45, 2.75) is 50.7 Å². The smallest absolute Gasteiger partial charge is 0.254 e. The Morgan fingerprint density at radius 3 is 2.73 bits per heavy atom. The predicted octanol–water partition coefficient (Wildman–Crippen LogP) is 4.30. The Morgan fingerprint density at radius 2 is 1.93 bits per heavy atom. The molecule has 3 unspecified atom stereocenters. The maximum absolute atomic E-state index is 13.4. The van der Waals surface area contributed by atoms with Crippen LogP contribution in [0.15, 0.2) is 48.5 Å². The number of carbonyl (C=O) groups excluding carboxylic acids is 2. The number of hydrogen-bond acceptors (Lipinski definition) is 3. The lowest BCUT2D eigenvalue weighted by Gasteiger charge is -2.33. The van der Waals surface area contributed by atoms with Gasteiger partial charge in [-0.3, -0.25) is 9.59 Å². The number of benzene rings is 2. The van der Waals surface area contributed by atoms with Crippen molar-refractivity contribution in [3.8, 4) is 6.07 Å². The highest BCUT2D eigenvalue weighted by molar-refractivity contribution is 6.31. The highest BCUT2D eigenvalue weighted by atomic mass is 35.5. The van der Waals surface area contributed by atoms with E-state index in [1.807, 2.05) is 6.07 Å². The molecule has 5 nitrogen and oxygen atoms in total. The van der Waals surface area contributed by atoms with Gasteiger partial charge in [0.25, 0.3) is 5.91 Å². The van der Waals surface area contributed by atoms with Crippen LogP contribution in [0.5, 0.6) is 0 Å². The Labute approximate surface area is 181 Å². The zero-order valence-corrected chi connectivity index (χ0v) is 17.4. The average molecular weight is 422 g/mol. The van der Waals surface area contributed by atoms with Crippen molar-refractivity contribution in [3.63, 3.8) is 0 Å². The van der Waals surface area contributed by atoms with Crippen LogP contribution >= 0.6 is 11.6 Å². The van der Waals surface area contributed by atoms with Gasteiger partial charge in [-0.1, -0.05) is 42.6 Å². The fourth-order valence-electron chi connectivity index (χ4n) is 4.81. The molecule has 4 rings (SSSR count). The Balaban J connectivity index is 1.54. The second-order valence-corrected chi connectivity index (χ2v) is 8.55. The van der Waals surface area contributed by atoms with Gasteiger partial charge >= 0.3 is 0 Å². The van der Waals surface area contributed by atoms with Gasteiger partial charge in [0.05, 0.1) is 11.6 Å². The minimum absolute atomic E-state index is 0.0999. The lowest BCUT2D eigenvalue weighted by atomic mass is 9.84. The maximum Gasteiger partial charge on any atom is 0.254 e. The van der Waals surface area contributed by atoms with Crippen molar-refractivity contribution in [2.24, 2.45) is 5.92 Å². The first-order chi connectivity index (χ1) is 14.6. The quantitative estimate of drug-likeness (QED) is 0.799. The lowest BCUT2D eigenvalue weighted by Crippen LogP contribution is -2.49. The van der Waals surface area contributed by atoms with Crippen molar-refractivity contribution in [1.29, 1.82) is 5.26 Å². The number of fused-ring (bicyclic) bond motifs is 1. The molecule has 0 radical (unpaired) electrons. The lowest BCUT2D eigenvalue weighted by molar-refractivity contribution is -0.125. The van der Waals surface area contributed by atoms with Crippen molar-refractivity contribution in [3.05, 3.63) is 70.2 Å². The second-order valence-electron chi connectivity index (χ2n) is 8.12. The third kappa shape index (κ3) is 4.20. The Morgan fingerprint density at radius 1 is 1.13 bits per heavy atom. The van der Waals surface area contributed by atoms with Crippen molar-refractivity contribution >= 4 is 23.4 Å². The number of halogens is 1. The van der Waals surface area contributed by atoms with Gasteiger partial charge in [-0.15, -0.1) is 0 Å². The van der Waals surface area contributed by atoms with Crippen LogP contribution in [0.25, 0.3) is 0 Å². The highest BCUT2D eigenvalue weighted by Gasteiger charge is 2.47. The molecule has 1 aliphatic heterocycles. The first-order valence-electron chi connectivity index (χ1n) is 10.4. The van der Waals surface area contributed by atoms with Crippen molar-refractivity contribution in [2.75, 3.05) is 0 Å². The van der Waals surface area contributed by atoms with E-state index in [1.54, 1.807) is 47.4 Å². The van der Waals surface area contributed by atoms with E-state index < -0.39 is 6.04 Å². The molecule has 2 amide bonds. The fraction of sp³-hybridized carbons (Fsp3) is 0.375. The maximum atomic E-state index is 13.4. The number of nitrogens with zero attached hydrogens (tertiary/aromatic N) is 2. The fourth-order valence-corrected chi connectivity index (χ4v) is 5.00. The van der Waals surface area contributed by atoms with Gasteiger partial charge in [-0.2, -0.15) is 5.26 Å². The van der Waals surface area contributed by atoms with Crippen LogP contribution in [0, 0.1) is 17.2 Å². The van der Waals surface area contributed by atoms with E-state index in [-0.39, 0.29) is 17.9 Å². The molecule has 0 spiro atoms. The molecular weight excluding hydrogens is 398 g/mol. The SMILES string of the molecule is N#Cc1cccc(CNC(=O)C2CC3CCCCC3N2C(=O)c2cccc(Cl)c2)c1. The highest BCUT2D eigenvalue weighted by Crippen LogP contribution is 2.40. The number of carbonyl (C=O) groups is 2. The minimum atomic E-state index is -0.483. The van der Waals surface area contributed by atoms with Gasteiger partial charge in [0, 0.05) is 23.2 Å². The molecule has 2 aromatic rings. The first-order valence-corrected chi connectivity index (χ1v) is 10.8. The van der Waals surface area contributed by atoms with Gasteiger partial charge in [-0.25, -0.2) is 0 Å². The van der Waals surface area contributed by atoms with E-state index in [0.717, 1.165) is 31.2 Å². The van der Waals surface area contributed by atoms with E-state index >= 15 is 0 Å². The topological polar surface area (TPSA) is 73.2 Å². The molecule has 1 saturated heterocycles. The molecular formula is C24H24ClN3O2. The number of rotatable bonds is 4. The molecule has 1 N–H and O–H groups in total. The number of nitrogens with one attached hydrogen (secondary N) is 1. The number of hydrogen-bond donors (Lipinski definition) is 1. The van der Waals surface area contributed by atoms with Crippen molar-refractivity contribution in [1.82, 2.24) is 10.2 Å².